The molecule has 0 spiro atoms. The summed E-state index contributed by atoms with van der Waals surface area (Å²) >= 11 is 0. The molecule has 0 unspecified atom stereocenters. The molecular formula is C29H35N3O4. The lowest BCUT2D eigenvalue weighted by atomic mass is 10.1. The van der Waals surface area contributed by atoms with Gasteiger partial charge in [-0.05, 0) is 56.9 Å². The van der Waals surface area contributed by atoms with Gasteiger partial charge < -0.3 is 19.1 Å². The van der Waals surface area contributed by atoms with Gasteiger partial charge in [0, 0.05) is 19.1 Å². The average molecular weight is 490 g/mol. The Morgan fingerprint density at radius 1 is 1.03 bits per heavy atom. The van der Waals surface area contributed by atoms with Crippen LogP contribution in [0.3, 0.4) is 0 Å². The number of rotatable bonds is 9. The Labute approximate surface area is 213 Å². The van der Waals surface area contributed by atoms with Gasteiger partial charge in [-0.3, -0.25) is 4.79 Å². The van der Waals surface area contributed by atoms with E-state index in [1.165, 1.54) is 0 Å². The Hall–Kier alpha value is -3.32. The Balaban J connectivity index is 1.53. The molecule has 1 amide bonds. The largest absolute Gasteiger partial charge is 0.493 e. The molecule has 7 nitrogen and oxygen atoms in total. The highest BCUT2D eigenvalue weighted by molar-refractivity contribution is 5.79. The van der Waals surface area contributed by atoms with Crippen LogP contribution in [0.25, 0.3) is 5.69 Å². The number of methoxy groups -OCH3 is 1. The second kappa shape index (κ2) is 11.2. The molecule has 190 valence electrons. The summed E-state index contributed by atoms with van der Waals surface area (Å²) < 4.78 is 19.8. The minimum atomic E-state index is 0.0819. The molecule has 36 heavy (non-hydrogen) atoms. The highest BCUT2D eigenvalue weighted by Gasteiger charge is 2.32. The Morgan fingerprint density at radius 3 is 2.44 bits per heavy atom. The third kappa shape index (κ3) is 5.26. The van der Waals surface area contributed by atoms with Crippen LogP contribution in [-0.4, -0.2) is 47.0 Å². The second-order valence-corrected chi connectivity index (χ2v) is 9.70. The maximum atomic E-state index is 13.7. The van der Waals surface area contributed by atoms with Crippen LogP contribution in [0.4, 0.5) is 0 Å². The average Bonchev–Trinajstić information content (AvgIpc) is 3.68. The molecule has 7 heteroatoms. The molecule has 3 aromatic rings. The van der Waals surface area contributed by atoms with E-state index in [0.717, 1.165) is 62.1 Å². The van der Waals surface area contributed by atoms with Crippen LogP contribution in [0.1, 0.15) is 49.8 Å². The van der Waals surface area contributed by atoms with E-state index >= 15 is 0 Å². The van der Waals surface area contributed by atoms with Crippen molar-refractivity contribution in [1.29, 1.82) is 0 Å². The number of carbonyl (C=O) groups is 1. The fraction of sp³-hybridized carbons (Fsp3) is 0.448. The Bertz CT molecular complexity index is 1160. The van der Waals surface area contributed by atoms with Crippen molar-refractivity contribution in [1.82, 2.24) is 14.7 Å². The van der Waals surface area contributed by atoms with Gasteiger partial charge in [-0.15, -0.1) is 0 Å². The van der Waals surface area contributed by atoms with E-state index in [-0.39, 0.29) is 17.9 Å². The van der Waals surface area contributed by atoms with E-state index in [1.807, 2.05) is 71.1 Å². The Kier molecular flexibility index (Phi) is 7.56. The number of benzene rings is 2. The molecule has 2 heterocycles. The molecule has 0 N–H and O–H groups in total. The summed E-state index contributed by atoms with van der Waals surface area (Å²) in [6.07, 6.45) is 6.29. The summed E-state index contributed by atoms with van der Waals surface area (Å²) in [6.45, 7) is 3.77. The summed E-state index contributed by atoms with van der Waals surface area (Å²) in [4.78, 5) is 15.7. The number of hydrogen-bond acceptors (Lipinski definition) is 5. The second-order valence-electron chi connectivity index (χ2n) is 9.70. The van der Waals surface area contributed by atoms with Crippen molar-refractivity contribution in [2.45, 2.75) is 58.1 Å². The molecule has 2 aliphatic rings. The first kappa shape index (κ1) is 24.4. The number of carbonyl (C=O) groups excluding carboxylic acids is 1. The monoisotopic (exact) mass is 489 g/mol. The quantitative estimate of drug-likeness (QED) is 0.387. The van der Waals surface area contributed by atoms with E-state index in [9.17, 15) is 4.79 Å². The van der Waals surface area contributed by atoms with Crippen LogP contribution >= 0.6 is 0 Å². The smallest absolute Gasteiger partial charge is 0.228 e. The molecule has 2 aromatic carbocycles. The van der Waals surface area contributed by atoms with Crippen LogP contribution in [0, 0.1) is 12.8 Å². The van der Waals surface area contributed by atoms with Crippen LogP contribution in [0.5, 0.6) is 17.4 Å². The number of aryl methyl sites for hydroxylation is 1. The lowest BCUT2D eigenvalue weighted by Crippen LogP contribution is -2.40. The van der Waals surface area contributed by atoms with E-state index in [1.54, 1.807) is 7.11 Å². The highest BCUT2D eigenvalue weighted by Crippen LogP contribution is 2.37. The first-order valence-electron chi connectivity index (χ1n) is 13.0. The zero-order valence-electron chi connectivity index (χ0n) is 21.2. The predicted octanol–water partition coefficient (Wildman–Crippen LogP) is 5.68. The van der Waals surface area contributed by atoms with Crippen LogP contribution in [0.15, 0.2) is 54.6 Å². The molecule has 1 aromatic heterocycles. The van der Waals surface area contributed by atoms with Gasteiger partial charge in [0.2, 0.25) is 11.8 Å². The minimum Gasteiger partial charge on any atom is -0.493 e. The van der Waals surface area contributed by atoms with E-state index in [4.69, 9.17) is 19.3 Å². The lowest BCUT2D eigenvalue weighted by molar-refractivity contribution is -0.137. The van der Waals surface area contributed by atoms with Gasteiger partial charge >= 0.3 is 0 Å². The third-order valence-corrected chi connectivity index (χ3v) is 7.23. The fourth-order valence-electron chi connectivity index (χ4n) is 5.27. The molecule has 0 radical (unpaired) electrons. The number of para-hydroxylation sites is 3. The van der Waals surface area contributed by atoms with Gasteiger partial charge in [0.05, 0.1) is 36.7 Å². The van der Waals surface area contributed by atoms with Crippen molar-refractivity contribution in [3.8, 4) is 23.1 Å². The maximum absolute atomic E-state index is 13.7. The SMILES string of the molecule is COc1ccccc1Oc1c(CN(C[C@H]2CCCO2)C(=O)C2CCCC2)c(C)nn1-c1ccccc1. The van der Waals surface area contributed by atoms with Crippen molar-refractivity contribution in [3.05, 3.63) is 65.9 Å². The molecule has 0 bridgehead atoms. The molecule has 1 atom stereocenters. The summed E-state index contributed by atoms with van der Waals surface area (Å²) in [5, 5.41) is 4.86. The first-order chi connectivity index (χ1) is 17.6. The summed E-state index contributed by atoms with van der Waals surface area (Å²) in [6, 6.07) is 17.5. The van der Waals surface area contributed by atoms with Gasteiger partial charge in [-0.2, -0.15) is 5.10 Å². The standard InChI is InChI=1S/C29H35N3O4/c1-21-25(20-31(19-24-15-10-18-35-24)28(33)22-11-6-7-12-22)29(32(30-21)23-13-4-3-5-14-23)36-27-17-9-8-16-26(27)34-2/h3-5,8-9,13-14,16-17,22,24H,6-7,10-12,15,18-20H2,1-2H3/t24-/m1/s1. The number of hydrogen-bond donors (Lipinski definition) is 0. The third-order valence-electron chi connectivity index (χ3n) is 7.23. The molecule has 5 rings (SSSR count). The molecule has 1 saturated heterocycles. The van der Waals surface area contributed by atoms with Gasteiger partial charge in [-0.1, -0.05) is 43.2 Å². The van der Waals surface area contributed by atoms with Crippen LogP contribution in [0.2, 0.25) is 0 Å². The number of aromatic nitrogens is 2. The van der Waals surface area contributed by atoms with Crippen molar-refractivity contribution >= 4 is 5.91 Å². The van der Waals surface area contributed by atoms with E-state index in [0.29, 0.717) is 30.5 Å². The highest BCUT2D eigenvalue weighted by atomic mass is 16.5. The summed E-state index contributed by atoms with van der Waals surface area (Å²) in [7, 11) is 1.63. The predicted molar refractivity (Wildman–Crippen MR) is 138 cm³/mol. The van der Waals surface area contributed by atoms with Crippen molar-refractivity contribution in [2.75, 3.05) is 20.3 Å². The molecule has 1 aliphatic carbocycles. The van der Waals surface area contributed by atoms with Crippen molar-refractivity contribution in [2.24, 2.45) is 5.92 Å². The van der Waals surface area contributed by atoms with Gasteiger partial charge in [0.25, 0.3) is 0 Å². The van der Waals surface area contributed by atoms with Gasteiger partial charge in [-0.25, -0.2) is 4.68 Å². The van der Waals surface area contributed by atoms with Gasteiger partial charge in [0.15, 0.2) is 11.5 Å². The van der Waals surface area contributed by atoms with E-state index < -0.39 is 0 Å². The van der Waals surface area contributed by atoms with E-state index in [2.05, 4.69) is 0 Å². The minimum absolute atomic E-state index is 0.0819. The Morgan fingerprint density at radius 2 is 1.75 bits per heavy atom. The van der Waals surface area contributed by atoms with Gasteiger partial charge in [0.1, 0.15) is 0 Å². The summed E-state index contributed by atoms with van der Waals surface area (Å²) in [5.74, 6) is 2.15. The summed E-state index contributed by atoms with van der Waals surface area (Å²) in [5.41, 5.74) is 2.62. The number of ether oxygens (including phenoxy) is 3. The maximum Gasteiger partial charge on any atom is 0.228 e. The van der Waals surface area contributed by atoms with Crippen LogP contribution < -0.4 is 9.47 Å². The fourth-order valence-corrected chi connectivity index (χ4v) is 5.27. The molecule has 1 aliphatic heterocycles. The van der Waals surface area contributed by atoms with Crippen LogP contribution in [-0.2, 0) is 16.1 Å². The molecule has 2 fully saturated rings. The van der Waals surface area contributed by atoms with Crippen molar-refractivity contribution < 1.29 is 19.0 Å². The topological polar surface area (TPSA) is 65.8 Å². The lowest BCUT2D eigenvalue weighted by Gasteiger charge is -2.28. The van der Waals surface area contributed by atoms with Crippen molar-refractivity contribution in [3.63, 3.8) is 0 Å². The zero-order valence-corrected chi connectivity index (χ0v) is 21.2. The number of amides is 1. The normalized spacial score (nSPS) is 17.9. The zero-order chi connectivity index (χ0) is 24.9. The number of nitrogens with zero attached hydrogens (tertiary/aromatic N) is 3. The first-order valence-corrected chi connectivity index (χ1v) is 13.0. The molecular weight excluding hydrogens is 454 g/mol. The molecule has 1 saturated carbocycles.